The van der Waals surface area contributed by atoms with E-state index in [1.54, 1.807) is 7.11 Å². The van der Waals surface area contributed by atoms with Gasteiger partial charge in [-0.3, -0.25) is 0 Å². The number of benzene rings is 2. The summed E-state index contributed by atoms with van der Waals surface area (Å²) in [5.74, 6) is 2.20. The first-order chi connectivity index (χ1) is 8.70. The highest BCUT2D eigenvalue weighted by Gasteiger charge is 2.07. The summed E-state index contributed by atoms with van der Waals surface area (Å²) in [5.41, 5.74) is 2.05. The molecule has 0 fully saturated rings. The maximum Gasteiger partial charge on any atom is 0.169 e. The summed E-state index contributed by atoms with van der Waals surface area (Å²) in [7, 11) is 1.63. The lowest BCUT2D eigenvalue weighted by molar-refractivity contribution is 0.378. The number of para-hydroxylation sites is 1. The van der Waals surface area contributed by atoms with Gasteiger partial charge in [0.15, 0.2) is 11.5 Å². The van der Waals surface area contributed by atoms with Crippen LogP contribution in [-0.4, -0.2) is 7.11 Å². The normalized spacial score (nSPS) is 9.89. The van der Waals surface area contributed by atoms with E-state index in [9.17, 15) is 0 Å². The second-order valence-electron chi connectivity index (χ2n) is 4.06. The van der Waals surface area contributed by atoms with Gasteiger partial charge in [0.25, 0.3) is 0 Å². The summed E-state index contributed by atoms with van der Waals surface area (Å²) in [6.45, 7) is 5.88. The largest absolute Gasteiger partial charge is 0.493 e. The standard InChI is InChI=1S/C16H16O2/c1-12(2)13-9-10-15(16(11-13)17-3)18-14-7-5-4-6-8-14/h4-11H,1H2,2-3H3. The number of hydrogen-bond acceptors (Lipinski definition) is 2. The maximum atomic E-state index is 5.78. The van der Waals surface area contributed by atoms with Crippen LogP contribution in [0.4, 0.5) is 0 Å². The van der Waals surface area contributed by atoms with Crippen LogP contribution in [0.25, 0.3) is 5.57 Å². The van der Waals surface area contributed by atoms with Gasteiger partial charge in [-0.05, 0) is 36.8 Å². The Kier molecular flexibility index (Phi) is 3.68. The summed E-state index contributed by atoms with van der Waals surface area (Å²) in [6.07, 6.45) is 0. The Morgan fingerprint density at radius 2 is 1.72 bits per heavy atom. The van der Waals surface area contributed by atoms with Crippen LogP contribution in [0.5, 0.6) is 17.2 Å². The fraction of sp³-hybridized carbons (Fsp3) is 0.125. The van der Waals surface area contributed by atoms with E-state index < -0.39 is 0 Å². The molecule has 2 nitrogen and oxygen atoms in total. The molecule has 0 aliphatic carbocycles. The third-order valence-electron chi connectivity index (χ3n) is 2.63. The van der Waals surface area contributed by atoms with Crippen LogP contribution in [0.1, 0.15) is 12.5 Å². The number of hydrogen-bond donors (Lipinski definition) is 0. The van der Waals surface area contributed by atoms with Crippen LogP contribution in [0, 0.1) is 0 Å². The second kappa shape index (κ2) is 5.41. The van der Waals surface area contributed by atoms with E-state index in [0.717, 1.165) is 16.9 Å². The highest BCUT2D eigenvalue weighted by atomic mass is 16.5. The molecule has 18 heavy (non-hydrogen) atoms. The first-order valence-electron chi connectivity index (χ1n) is 5.77. The van der Waals surface area contributed by atoms with Gasteiger partial charge in [-0.15, -0.1) is 0 Å². The number of ether oxygens (including phenoxy) is 2. The lowest BCUT2D eigenvalue weighted by Gasteiger charge is -2.11. The SMILES string of the molecule is C=C(C)c1ccc(Oc2ccccc2)c(OC)c1. The van der Waals surface area contributed by atoms with Gasteiger partial charge in [-0.2, -0.15) is 0 Å². The lowest BCUT2D eigenvalue weighted by atomic mass is 10.1. The minimum absolute atomic E-state index is 0.702. The smallest absolute Gasteiger partial charge is 0.169 e. The number of rotatable bonds is 4. The van der Waals surface area contributed by atoms with Crippen molar-refractivity contribution in [3.8, 4) is 17.2 Å². The summed E-state index contributed by atoms with van der Waals surface area (Å²) < 4.78 is 11.1. The first-order valence-corrected chi connectivity index (χ1v) is 5.77. The highest BCUT2D eigenvalue weighted by Crippen LogP contribution is 2.33. The molecule has 0 atom stereocenters. The van der Waals surface area contributed by atoms with Crippen molar-refractivity contribution < 1.29 is 9.47 Å². The summed E-state index contributed by atoms with van der Waals surface area (Å²) in [6, 6.07) is 15.4. The van der Waals surface area contributed by atoms with Crippen LogP contribution in [0.2, 0.25) is 0 Å². The minimum Gasteiger partial charge on any atom is -0.493 e. The van der Waals surface area contributed by atoms with Gasteiger partial charge in [0.05, 0.1) is 7.11 Å². The molecule has 0 saturated carbocycles. The molecule has 0 bridgehead atoms. The molecular weight excluding hydrogens is 224 g/mol. The Balaban J connectivity index is 2.31. The average molecular weight is 240 g/mol. The third-order valence-corrected chi connectivity index (χ3v) is 2.63. The van der Waals surface area contributed by atoms with E-state index in [0.29, 0.717) is 11.5 Å². The third kappa shape index (κ3) is 2.72. The quantitative estimate of drug-likeness (QED) is 0.782. The topological polar surface area (TPSA) is 18.5 Å². The molecule has 0 unspecified atom stereocenters. The fourth-order valence-corrected chi connectivity index (χ4v) is 1.63. The Hall–Kier alpha value is -2.22. The van der Waals surface area contributed by atoms with Crippen LogP contribution < -0.4 is 9.47 Å². The maximum absolute atomic E-state index is 5.78. The van der Waals surface area contributed by atoms with Crippen molar-refractivity contribution in [2.24, 2.45) is 0 Å². The predicted octanol–water partition coefficient (Wildman–Crippen LogP) is 4.52. The molecule has 0 N–H and O–H groups in total. The Morgan fingerprint density at radius 1 is 1.00 bits per heavy atom. The molecule has 0 aromatic heterocycles. The van der Waals surface area contributed by atoms with E-state index in [1.165, 1.54) is 0 Å². The van der Waals surface area contributed by atoms with Crippen molar-refractivity contribution in [3.63, 3.8) is 0 Å². The zero-order valence-corrected chi connectivity index (χ0v) is 10.6. The van der Waals surface area contributed by atoms with Gasteiger partial charge in [-0.25, -0.2) is 0 Å². The second-order valence-corrected chi connectivity index (χ2v) is 4.06. The predicted molar refractivity (Wildman–Crippen MR) is 74.2 cm³/mol. The molecule has 0 aliphatic rings. The first kappa shape index (κ1) is 12.2. The van der Waals surface area contributed by atoms with Crippen molar-refractivity contribution in [2.45, 2.75) is 6.92 Å². The van der Waals surface area contributed by atoms with E-state index in [-0.39, 0.29) is 0 Å². The van der Waals surface area contributed by atoms with Gasteiger partial charge in [-0.1, -0.05) is 36.4 Å². The molecular formula is C16H16O2. The van der Waals surface area contributed by atoms with Crippen LogP contribution >= 0.6 is 0 Å². The van der Waals surface area contributed by atoms with Crippen molar-refractivity contribution in [1.82, 2.24) is 0 Å². The van der Waals surface area contributed by atoms with Crippen molar-refractivity contribution in [2.75, 3.05) is 7.11 Å². The van der Waals surface area contributed by atoms with Crippen molar-refractivity contribution >= 4 is 5.57 Å². The zero-order valence-electron chi connectivity index (χ0n) is 10.6. The Morgan fingerprint density at radius 3 is 2.33 bits per heavy atom. The van der Waals surface area contributed by atoms with Gasteiger partial charge in [0.1, 0.15) is 5.75 Å². The van der Waals surface area contributed by atoms with Gasteiger partial charge in [0, 0.05) is 0 Å². The van der Waals surface area contributed by atoms with E-state index in [1.807, 2.05) is 55.5 Å². The molecule has 0 heterocycles. The summed E-state index contributed by atoms with van der Waals surface area (Å²) in [4.78, 5) is 0. The Labute approximate surface area is 107 Å². The van der Waals surface area contributed by atoms with Crippen molar-refractivity contribution in [1.29, 1.82) is 0 Å². The summed E-state index contributed by atoms with van der Waals surface area (Å²) in [5, 5.41) is 0. The van der Waals surface area contributed by atoms with Gasteiger partial charge in [0.2, 0.25) is 0 Å². The van der Waals surface area contributed by atoms with E-state index in [4.69, 9.17) is 9.47 Å². The molecule has 2 aromatic carbocycles. The summed E-state index contributed by atoms with van der Waals surface area (Å²) >= 11 is 0. The number of methoxy groups -OCH3 is 1. The molecule has 0 spiro atoms. The minimum atomic E-state index is 0.702. The Bertz CT molecular complexity index is 544. The van der Waals surface area contributed by atoms with E-state index >= 15 is 0 Å². The van der Waals surface area contributed by atoms with E-state index in [2.05, 4.69) is 6.58 Å². The van der Waals surface area contributed by atoms with Crippen LogP contribution in [0.3, 0.4) is 0 Å². The zero-order chi connectivity index (χ0) is 13.0. The van der Waals surface area contributed by atoms with Crippen LogP contribution in [-0.2, 0) is 0 Å². The van der Waals surface area contributed by atoms with Crippen LogP contribution in [0.15, 0.2) is 55.1 Å². The number of allylic oxidation sites excluding steroid dienone is 1. The molecule has 0 saturated heterocycles. The lowest BCUT2D eigenvalue weighted by Crippen LogP contribution is -1.91. The van der Waals surface area contributed by atoms with Gasteiger partial charge >= 0.3 is 0 Å². The molecule has 0 aliphatic heterocycles. The molecule has 0 amide bonds. The fourth-order valence-electron chi connectivity index (χ4n) is 1.63. The molecule has 2 aromatic rings. The molecule has 92 valence electrons. The highest BCUT2D eigenvalue weighted by molar-refractivity contribution is 5.64. The molecule has 2 rings (SSSR count). The monoisotopic (exact) mass is 240 g/mol. The van der Waals surface area contributed by atoms with Gasteiger partial charge < -0.3 is 9.47 Å². The molecule has 0 radical (unpaired) electrons. The average Bonchev–Trinajstić information content (AvgIpc) is 2.40. The molecule has 2 heteroatoms. The van der Waals surface area contributed by atoms with Crippen molar-refractivity contribution in [3.05, 3.63) is 60.7 Å².